The summed E-state index contributed by atoms with van der Waals surface area (Å²) in [6.07, 6.45) is 4.33. The molecule has 19 heavy (non-hydrogen) atoms. The molecule has 0 N–H and O–H groups in total. The van der Waals surface area contributed by atoms with Crippen molar-refractivity contribution in [3.05, 3.63) is 64.5 Å². The van der Waals surface area contributed by atoms with Crippen molar-refractivity contribution in [1.29, 1.82) is 0 Å². The number of aromatic nitrogens is 1. The predicted octanol–water partition coefficient (Wildman–Crippen LogP) is 0.900. The van der Waals surface area contributed by atoms with Crippen molar-refractivity contribution in [3.63, 3.8) is 0 Å². The molecule has 0 radical (unpaired) electrons. The minimum absolute atomic E-state index is 0. The largest absolute Gasteiger partial charge is 1.00 e. The van der Waals surface area contributed by atoms with Crippen LogP contribution in [0.1, 0.15) is 10.6 Å². The molecule has 3 rings (SSSR count). The van der Waals surface area contributed by atoms with Crippen LogP contribution in [0.25, 0.3) is 23.1 Å². The number of hydrogen-bond acceptors (Lipinski definition) is 1. The normalized spacial score (nSPS) is 10.8. The van der Waals surface area contributed by atoms with E-state index in [1.165, 1.54) is 21.5 Å². The van der Waals surface area contributed by atoms with Crippen LogP contribution in [-0.2, 0) is 7.05 Å². The molecule has 0 bridgehead atoms. The second-order valence-electron chi connectivity index (χ2n) is 4.22. The monoisotopic (exact) mass is 379 g/mol. The summed E-state index contributed by atoms with van der Waals surface area (Å²) >= 11 is 1.76. The maximum atomic E-state index is 2.22. The molecule has 0 fully saturated rings. The quantitative estimate of drug-likeness (QED) is 0.460. The van der Waals surface area contributed by atoms with E-state index < -0.39 is 0 Å². The lowest BCUT2D eigenvalue weighted by atomic mass is 10.2. The van der Waals surface area contributed by atoms with Crippen molar-refractivity contribution < 1.29 is 28.5 Å². The van der Waals surface area contributed by atoms with Gasteiger partial charge in [0, 0.05) is 28.5 Å². The summed E-state index contributed by atoms with van der Waals surface area (Å²) in [5, 5.41) is 3.37. The summed E-state index contributed by atoms with van der Waals surface area (Å²) < 4.78 is 2.22. The van der Waals surface area contributed by atoms with E-state index in [0.29, 0.717) is 0 Å². The molecule has 3 heteroatoms. The zero-order valence-electron chi connectivity index (χ0n) is 10.6. The molecule has 3 aromatic rings. The van der Waals surface area contributed by atoms with Gasteiger partial charge in [-0.05, 0) is 29.7 Å². The lowest BCUT2D eigenvalue weighted by Gasteiger charge is -1.99. The first kappa shape index (κ1) is 14.2. The number of halogens is 1. The fraction of sp³-hybridized carbons (Fsp3) is 0.0625. The maximum Gasteiger partial charge on any atom is 0.212 e. The minimum atomic E-state index is 0. The number of fused-ring (bicyclic) bond motifs is 1. The van der Waals surface area contributed by atoms with Crippen LogP contribution in [-0.4, -0.2) is 0 Å². The third-order valence-corrected chi connectivity index (χ3v) is 3.92. The third kappa shape index (κ3) is 3.04. The van der Waals surface area contributed by atoms with Gasteiger partial charge in [-0.15, -0.1) is 11.3 Å². The van der Waals surface area contributed by atoms with E-state index in [9.17, 15) is 0 Å². The highest BCUT2D eigenvalue weighted by Crippen LogP contribution is 2.14. The number of thiophene rings is 1. The van der Waals surface area contributed by atoms with Gasteiger partial charge in [0.05, 0.1) is 0 Å². The van der Waals surface area contributed by atoms with E-state index in [4.69, 9.17) is 0 Å². The van der Waals surface area contributed by atoms with Gasteiger partial charge >= 0.3 is 0 Å². The van der Waals surface area contributed by atoms with E-state index in [1.54, 1.807) is 11.3 Å². The van der Waals surface area contributed by atoms with E-state index in [2.05, 4.69) is 77.7 Å². The van der Waals surface area contributed by atoms with Crippen LogP contribution in [0.4, 0.5) is 0 Å². The summed E-state index contributed by atoms with van der Waals surface area (Å²) in [5.41, 5.74) is 2.47. The second-order valence-corrected chi connectivity index (χ2v) is 5.20. The standard InChI is InChI=1S/C16H14NS.HI/c1-17-14(10-11-15-6-4-12-18-15)9-8-13-5-2-3-7-16(13)17;/h2-12H,1H3;1H/q+1;/p-1/b11-10+;. The Labute approximate surface area is 134 Å². The van der Waals surface area contributed by atoms with Crippen LogP contribution < -0.4 is 28.5 Å². The molecular formula is C16H14INS. The SMILES string of the molecule is C[n+]1c(/C=C/c2cccs2)ccc2ccccc21.[I-]. The molecule has 0 aliphatic heterocycles. The molecular weight excluding hydrogens is 365 g/mol. The Hall–Kier alpha value is -1.20. The summed E-state index contributed by atoms with van der Waals surface area (Å²) in [6, 6.07) is 17.0. The smallest absolute Gasteiger partial charge is 0.212 e. The van der Waals surface area contributed by atoms with E-state index in [-0.39, 0.29) is 24.0 Å². The van der Waals surface area contributed by atoms with Crippen molar-refractivity contribution in [2.75, 3.05) is 0 Å². The third-order valence-electron chi connectivity index (χ3n) is 3.08. The molecule has 0 saturated carbocycles. The molecule has 1 aromatic carbocycles. The molecule has 0 spiro atoms. The number of rotatable bonds is 2. The Morgan fingerprint density at radius 2 is 1.79 bits per heavy atom. The van der Waals surface area contributed by atoms with Gasteiger partial charge in [0.2, 0.25) is 11.2 Å². The molecule has 0 unspecified atom stereocenters. The fourth-order valence-corrected chi connectivity index (χ4v) is 2.70. The van der Waals surface area contributed by atoms with Gasteiger partial charge in [0.15, 0.2) is 0 Å². The molecule has 0 aliphatic carbocycles. The number of para-hydroxylation sites is 1. The first-order chi connectivity index (χ1) is 8.84. The van der Waals surface area contributed by atoms with Crippen LogP contribution in [0.15, 0.2) is 53.9 Å². The molecule has 2 aromatic heterocycles. The van der Waals surface area contributed by atoms with Crippen molar-refractivity contribution >= 4 is 34.4 Å². The van der Waals surface area contributed by atoms with Crippen LogP contribution in [0.2, 0.25) is 0 Å². The Bertz CT molecular complexity index is 702. The Balaban J connectivity index is 0.00000133. The number of pyridine rings is 1. The van der Waals surface area contributed by atoms with Gasteiger partial charge in [-0.1, -0.05) is 18.2 Å². The highest BCUT2D eigenvalue weighted by Gasteiger charge is 2.07. The maximum absolute atomic E-state index is 2.22. The topological polar surface area (TPSA) is 3.88 Å². The van der Waals surface area contributed by atoms with Crippen molar-refractivity contribution in [2.45, 2.75) is 0 Å². The summed E-state index contributed by atoms with van der Waals surface area (Å²) in [5.74, 6) is 0. The Morgan fingerprint density at radius 1 is 0.947 bits per heavy atom. The number of aryl methyl sites for hydroxylation is 1. The predicted molar refractivity (Wildman–Crippen MR) is 78.4 cm³/mol. The van der Waals surface area contributed by atoms with E-state index in [0.717, 1.165) is 0 Å². The van der Waals surface area contributed by atoms with Crippen LogP contribution in [0.5, 0.6) is 0 Å². The minimum Gasteiger partial charge on any atom is -1.00 e. The fourth-order valence-electron chi connectivity index (χ4n) is 2.08. The lowest BCUT2D eigenvalue weighted by Crippen LogP contribution is -3.00. The lowest BCUT2D eigenvalue weighted by molar-refractivity contribution is -0.646. The van der Waals surface area contributed by atoms with Crippen LogP contribution in [0.3, 0.4) is 0 Å². The van der Waals surface area contributed by atoms with Gasteiger partial charge < -0.3 is 24.0 Å². The summed E-state index contributed by atoms with van der Waals surface area (Å²) in [6.45, 7) is 0. The summed E-state index contributed by atoms with van der Waals surface area (Å²) in [7, 11) is 2.11. The van der Waals surface area contributed by atoms with Crippen LogP contribution >= 0.6 is 11.3 Å². The molecule has 96 valence electrons. The first-order valence-corrected chi connectivity index (χ1v) is 6.82. The molecule has 0 aliphatic rings. The van der Waals surface area contributed by atoms with Crippen LogP contribution in [0, 0.1) is 0 Å². The summed E-state index contributed by atoms with van der Waals surface area (Å²) in [4.78, 5) is 1.28. The highest BCUT2D eigenvalue weighted by atomic mass is 127. The van der Waals surface area contributed by atoms with E-state index in [1.807, 2.05) is 0 Å². The van der Waals surface area contributed by atoms with Crippen molar-refractivity contribution in [3.8, 4) is 0 Å². The van der Waals surface area contributed by atoms with Crippen molar-refractivity contribution in [1.82, 2.24) is 0 Å². The average Bonchev–Trinajstić information content (AvgIpc) is 2.91. The molecule has 0 saturated heterocycles. The molecule has 1 nitrogen and oxygen atoms in total. The second kappa shape index (κ2) is 6.30. The van der Waals surface area contributed by atoms with Crippen molar-refractivity contribution in [2.24, 2.45) is 7.05 Å². The van der Waals surface area contributed by atoms with Gasteiger partial charge in [-0.2, -0.15) is 4.57 Å². The van der Waals surface area contributed by atoms with E-state index >= 15 is 0 Å². The first-order valence-electron chi connectivity index (χ1n) is 5.94. The Morgan fingerprint density at radius 3 is 2.58 bits per heavy atom. The average molecular weight is 379 g/mol. The Kier molecular flexibility index (Phi) is 4.71. The molecule has 0 amide bonds. The van der Waals surface area contributed by atoms with Gasteiger partial charge in [0.1, 0.15) is 7.05 Å². The zero-order chi connectivity index (χ0) is 12.4. The number of hydrogen-bond donors (Lipinski definition) is 0. The molecule has 2 heterocycles. The highest BCUT2D eigenvalue weighted by molar-refractivity contribution is 7.10. The molecule has 0 atom stereocenters. The number of nitrogens with zero attached hydrogens (tertiary/aromatic N) is 1. The van der Waals surface area contributed by atoms with Gasteiger partial charge in [-0.3, -0.25) is 0 Å². The zero-order valence-corrected chi connectivity index (χ0v) is 13.6. The van der Waals surface area contributed by atoms with Gasteiger partial charge in [-0.25, -0.2) is 0 Å². The number of benzene rings is 1. The van der Waals surface area contributed by atoms with Gasteiger partial charge in [0.25, 0.3) is 0 Å².